The number of hydrogen-bond acceptors (Lipinski definition) is 5. The summed E-state index contributed by atoms with van der Waals surface area (Å²) in [5.41, 5.74) is 0.784. The Labute approximate surface area is 105 Å². The van der Waals surface area contributed by atoms with Crippen LogP contribution in [-0.2, 0) is 11.3 Å². The van der Waals surface area contributed by atoms with E-state index in [-0.39, 0.29) is 5.91 Å². The molecule has 92 valence electrons. The molecule has 1 aromatic rings. The molecule has 1 atom stereocenters. The molecule has 0 radical (unpaired) electrons. The van der Waals surface area contributed by atoms with Gasteiger partial charge in [-0.1, -0.05) is 0 Å². The highest BCUT2D eigenvalue weighted by Gasteiger charge is 2.16. The molecule has 2 rings (SSSR count). The summed E-state index contributed by atoms with van der Waals surface area (Å²) in [4.78, 5) is 11.7. The van der Waals surface area contributed by atoms with Gasteiger partial charge in [-0.25, -0.2) is 0 Å². The van der Waals surface area contributed by atoms with Gasteiger partial charge in [0.1, 0.15) is 0 Å². The zero-order chi connectivity index (χ0) is 11.9. The van der Waals surface area contributed by atoms with E-state index < -0.39 is 0 Å². The number of thioether (sulfide) groups is 1. The Balaban J connectivity index is 1.70. The second-order valence-electron chi connectivity index (χ2n) is 3.92. The van der Waals surface area contributed by atoms with Crippen LogP contribution in [-0.4, -0.2) is 40.2 Å². The van der Waals surface area contributed by atoms with Crippen LogP contribution >= 0.6 is 11.8 Å². The van der Waals surface area contributed by atoms with Crippen LogP contribution in [0.25, 0.3) is 0 Å². The Morgan fingerprint density at radius 2 is 2.59 bits per heavy atom. The fourth-order valence-corrected chi connectivity index (χ4v) is 2.61. The highest BCUT2D eigenvalue weighted by molar-refractivity contribution is 7.99. The zero-order valence-corrected chi connectivity index (χ0v) is 10.4. The fourth-order valence-electron chi connectivity index (χ4n) is 1.66. The van der Waals surface area contributed by atoms with Gasteiger partial charge in [-0.2, -0.15) is 22.0 Å². The van der Waals surface area contributed by atoms with Crippen LogP contribution in [0, 0.1) is 0 Å². The maximum absolute atomic E-state index is 11.7. The lowest BCUT2D eigenvalue weighted by Gasteiger charge is -2.22. The summed E-state index contributed by atoms with van der Waals surface area (Å²) < 4.78 is 0. The second kappa shape index (κ2) is 6.56. The molecular formula is C11H16N4OS. The highest BCUT2D eigenvalue weighted by Crippen LogP contribution is 2.09. The van der Waals surface area contributed by atoms with Crippen molar-refractivity contribution in [2.75, 3.05) is 18.1 Å². The average Bonchev–Trinajstić information content (AvgIpc) is 2.39. The van der Waals surface area contributed by atoms with Crippen LogP contribution in [0.15, 0.2) is 18.3 Å². The van der Waals surface area contributed by atoms with Crippen LogP contribution in [0.1, 0.15) is 12.1 Å². The third-order valence-corrected chi connectivity index (χ3v) is 3.66. The van der Waals surface area contributed by atoms with Crippen molar-refractivity contribution in [1.82, 2.24) is 20.8 Å². The monoisotopic (exact) mass is 252 g/mol. The summed E-state index contributed by atoms with van der Waals surface area (Å²) >= 11 is 1.89. The number of amides is 1. The lowest BCUT2D eigenvalue weighted by atomic mass is 10.2. The Bertz CT molecular complexity index is 354. The maximum atomic E-state index is 11.7. The van der Waals surface area contributed by atoms with Crippen LogP contribution in [0.4, 0.5) is 0 Å². The minimum absolute atomic E-state index is 0.0654. The van der Waals surface area contributed by atoms with Gasteiger partial charge in [0.15, 0.2) is 0 Å². The fraction of sp³-hybridized carbons (Fsp3) is 0.545. The van der Waals surface area contributed by atoms with Gasteiger partial charge < -0.3 is 10.6 Å². The van der Waals surface area contributed by atoms with Gasteiger partial charge in [-0.05, 0) is 12.1 Å². The van der Waals surface area contributed by atoms with Gasteiger partial charge >= 0.3 is 0 Å². The molecule has 1 saturated heterocycles. The molecule has 6 heteroatoms. The lowest BCUT2D eigenvalue weighted by molar-refractivity contribution is -0.121. The first-order valence-corrected chi connectivity index (χ1v) is 6.84. The van der Waals surface area contributed by atoms with E-state index in [4.69, 9.17) is 0 Å². The molecule has 2 N–H and O–H groups in total. The molecule has 0 spiro atoms. The summed E-state index contributed by atoms with van der Waals surface area (Å²) in [6, 6.07) is 3.96. The zero-order valence-electron chi connectivity index (χ0n) is 9.56. The third-order valence-electron chi connectivity index (χ3n) is 2.52. The standard InChI is InChI=1S/C11H16N4OS/c16-11(6-10-8-17-5-4-12-10)13-7-9-2-1-3-14-15-9/h1-3,10,12H,4-8H2,(H,13,16). The Kier molecular flexibility index (Phi) is 4.75. The van der Waals surface area contributed by atoms with E-state index >= 15 is 0 Å². The van der Waals surface area contributed by atoms with Gasteiger partial charge in [-0.15, -0.1) is 0 Å². The molecule has 1 aliphatic heterocycles. The molecule has 2 heterocycles. The van der Waals surface area contributed by atoms with Crippen molar-refractivity contribution in [3.63, 3.8) is 0 Å². The SMILES string of the molecule is O=C(CC1CSCCN1)NCc1cccnn1. The molecule has 1 unspecified atom stereocenters. The number of carbonyl (C=O) groups excluding carboxylic acids is 1. The quantitative estimate of drug-likeness (QED) is 0.800. The lowest BCUT2D eigenvalue weighted by Crippen LogP contribution is -2.41. The van der Waals surface area contributed by atoms with Crippen LogP contribution < -0.4 is 10.6 Å². The molecule has 1 fully saturated rings. The largest absolute Gasteiger partial charge is 0.350 e. The topological polar surface area (TPSA) is 66.9 Å². The molecule has 1 aromatic heterocycles. The molecule has 1 aliphatic rings. The van der Waals surface area contributed by atoms with Gasteiger partial charge in [0.05, 0.1) is 12.2 Å². The van der Waals surface area contributed by atoms with Crippen molar-refractivity contribution >= 4 is 17.7 Å². The highest BCUT2D eigenvalue weighted by atomic mass is 32.2. The van der Waals surface area contributed by atoms with Crippen molar-refractivity contribution in [3.05, 3.63) is 24.0 Å². The van der Waals surface area contributed by atoms with E-state index in [0.29, 0.717) is 19.0 Å². The first kappa shape index (κ1) is 12.3. The van der Waals surface area contributed by atoms with E-state index in [9.17, 15) is 4.79 Å². The van der Waals surface area contributed by atoms with Crippen molar-refractivity contribution in [3.8, 4) is 0 Å². The number of nitrogens with one attached hydrogen (secondary N) is 2. The number of aromatic nitrogens is 2. The molecule has 5 nitrogen and oxygen atoms in total. The molecule has 17 heavy (non-hydrogen) atoms. The average molecular weight is 252 g/mol. The smallest absolute Gasteiger partial charge is 0.221 e. The van der Waals surface area contributed by atoms with E-state index in [0.717, 1.165) is 23.7 Å². The van der Waals surface area contributed by atoms with Gasteiger partial charge in [0.25, 0.3) is 0 Å². The van der Waals surface area contributed by atoms with Crippen LogP contribution in [0.3, 0.4) is 0 Å². The summed E-state index contributed by atoms with van der Waals surface area (Å²) in [7, 11) is 0. The Hall–Kier alpha value is -1.14. The summed E-state index contributed by atoms with van der Waals surface area (Å²) in [6.45, 7) is 1.44. The third kappa shape index (κ3) is 4.32. The summed E-state index contributed by atoms with van der Waals surface area (Å²) in [5.74, 6) is 2.21. The predicted octanol–water partition coefficient (Wildman–Crippen LogP) is 0.188. The van der Waals surface area contributed by atoms with Crippen molar-refractivity contribution in [2.24, 2.45) is 0 Å². The van der Waals surface area contributed by atoms with E-state index in [1.165, 1.54) is 0 Å². The van der Waals surface area contributed by atoms with Crippen molar-refractivity contribution < 1.29 is 4.79 Å². The molecule has 0 bridgehead atoms. The molecule has 0 saturated carbocycles. The van der Waals surface area contributed by atoms with E-state index in [2.05, 4.69) is 20.8 Å². The van der Waals surface area contributed by atoms with Crippen molar-refractivity contribution in [1.29, 1.82) is 0 Å². The van der Waals surface area contributed by atoms with E-state index in [1.54, 1.807) is 6.20 Å². The Morgan fingerprint density at radius 1 is 1.65 bits per heavy atom. The van der Waals surface area contributed by atoms with Gasteiger partial charge in [-0.3, -0.25) is 4.79 Å². The van der Waals surface area contributed by atoms with E-state index in [1.807, 2.05) is 23.9 Å². The number of nitrogens with zero attached hydrogens (tertiary/aromatic N) is 2. The first-order chi connectivity index (χ1) is 8.34. The molecule has 0 aromatic carbocycles. The number of hydrogen-bond donors (Lipinski definition) is 2. The Morgan fingerprint density at radius 3 is 3.29 bits per heavy atom. The second-order valence-corrected chi connectivity index (χ2v) is 5.07. The number of carbonyl (C=O) groups is 1. The molecular weight excluding hydrogens is 236 g/mol. The summed E-state index contributed by atoms with van der Waals surface area (Å²) in [5, 5.41) is 13.9. The van der Waals surface area contributed by atoms with Crippen LogP contribution in [0.2, 0.25) is 0 Å². The first-order valence-electron chi connectivity index (χ1n) is 5.69. The van der Waals surface area contributed by atoms with Crippen molar-refractivity contribution in [2.45, 2.75) is 19.0 Å². The predicted molar refractivity (Wildman–Crippen MR) is 67.6 cm³/mol. The summed E-state index contributed by atoms with van der Waals surface area (Å²) in [6.07, 6.45) is 2.15. The normalized spacial score (nSPS) is 19.9. The van der Waals surface area contributed by atoms with Gasteiger partial charge in [0.2, 0.25) is 5.91 Å². The maximum Gasteiger partial charge on any atom is 0.221 e. The minimum atomic E-state index is 0.0654. The molecule has 1 amide bonds. The number of rotatable bonds is 4. The molecule has 0 aliphatic carbocycles. The van der Waals surface area contributed by atoms with Crippen LogP contribution in [0.5, 0.6) is 0 Å². The van der Waals surface area contributed by atoms with Gasteiger partial charge in [0, 0.05) is 36.7 Å². The minimum Gasteiger partial charge on any atom is -0.350 e.